The van der Waals surface area contributed by atoms with Crippen LogP contribution in [-0.4, -0.2) is 36.9 Å². The van der Waals surface area contributed by atoms with E-state index < -0.39 is 0 Å². The van der Waals surface area contributed by atoms with Crippen LogP contribution in [0.2, 0.25) is 0 Å². The molecule has 0 atom stereocenters. The van der Waals surface area contributed by atoms with Gasteiger partial charge in [-0.1, -0.05) is 58.1 Å². The molecular formula is C27H42N2OS. The van der Waals surface area contributed by atoms with E-state index in [4.69, 9.17) is 0 Å². The summed E-state index contributed by atoms with van der Waals surface area (Å²) < 4.78 is 0. The first-order valence-electron chi connectivity index (χ1n) is 12.2. The van der Waals surface area contributed by atoms with Crippen molar-refractivity contribution < 1.29 is 4.79 Å². The molecule has 1 fully saturated rings. The van der Waals surface area contributed by atoms with E-state index in [2.05, 4.69) is 56.4 Å². The van der Waals surface area contributed by atoms with Crippen molar-refractivity contribution >= 4 is 30.5 Å². The molecule has 0 heterocycles. The van der Waals surface area contributed by atoms with Crippen molar-refractivity contribution in [2.45, 2.75) is 91.4 Å². The highest BCUT2D eigenvalue weighted by molar-refractivity contribution is 8.04. The normalized spacial score (nSPS) is 15.8. The molecule has 0 aliphatic heterocycles. The number of rotatable bonds is 13. The Morgan fingerprint density at radius 3 is 2.16 bits per heavy atom. The van der Waals surface area contributed by atoms with Crippen molar-refractivity contribution in [3.05, 3.63) is 39.3 Å². The van der Waals surface area contributed by atoms with Gasteiger partial charge in [-0.15, -0.1) is 11.8 Å². The van der Waals surface area contributed by atoms with Gasteiger partial charge in [0.25, 0.3) is 0 Å². The molecule has 0 unspecified atom stereocenters. The maximum absolute atomic E-state index is 12.1. The standard InChI is InChI=1S/C27H42N2OS/c1-6-8-15-29(16-9-7-2)20-31-25(19-30)27(28-5)26-21(3)17-24(18-22(26)4)23-13-11-10-12-14-23/h17-19,23H,5-16,20H2,1-4H3/b27-25-. The second-order valence-corrected chi connectivity index (χ2v) is 9.94. The van der Waals surface area contributed by atoms with E-state index in [1.165, 1.54) is 74.5 Å². The van der Waals surface area contributed by atoms with Crippen molar-refractivity contribution in [3.63, 3.8) is 0 Å². The van der Waals surface area contributed by atoms with E-state index in [9.17, 15) is 4.79 Å². The fourth-order valence-corrected chi connectivity index (χ4v) is 5.60. The Labute approximate surface area is 194 Å². The second kappa shape index (κ2) is 13.9. The molecule has 172 valence electrons. The van der Waals surface area contributed by atoms with Gasteiger partial charge in [0.15, 0.2) is 6.29 Å². The topological polar surface area (TPSA) is 32.7 Å². The summed E-state index contributed by atoms with van der Waals surface area (Å²) in [5.41, 5.74) is 5.69. The molecule has 0 N–H and O–H groups in total. The van der Waals surface area contributed by atoms with Crippen molar-refractivity contribution in [1.29, 1.82) is 0 Å². The molecule has 1 saturated carbocycles. The smallest absolute Gasteiger partial charge is 0.158 e. The fraction of sp³-hybridized carbons (Fsp3) is 0.630. The largest absolute Gasteiger partial charge is 0.297 e. The lowest BCUT2D eigenvalue weighted by Crippen LogP contribution is -2.25. The number of carbonyl (C=O) groups excluding carboxylic acids is 1. The van der Waals surface area contributed by atoms with Crippen LogP contribution >= 0.6 is 11.8 Å². The quantitative estimate of drug-likeness (QED) is 0.137. The zero-order valence-corrected chi connectivity index (χ0v) is 21.0. The molecule has 0 radical (unpaired) electrons. The van der Waals surface area contributed by atoms with Crippen LogP contribution in [0.1, 0.15) is 99.8 Å². The highest BCUT2D eigenvalue weighted by Crippen LogP contribution is 2.37. The molecule has 0 spiro atoms. The first kappa shape index (κ1) is 25.9. The number of unbranched alkanes of at least 4 members (excludes halogenated alkanes) is 2. The molecule has 31 heavy (non-hydrogen) atoms. The summed E-state index contributed by atoms with van der Waals surface area (Å²) in [7, 11) is 0. The van der Waals surface area contributed by atoms with Gasteiger partial charge in [0, 0.05) is 11.4 Å². The summed E-state index contributed by atoms with van der Waals surface area (Å²) in [6, 6.07) is 4.65. The molecule has 0 aromatic heterocycles. The number of aliphatic imine (C=N–C) groups is 1. The second-order valence-electron chi connectivity index (χ2n) is 8.95. The predicted molar refractivity (Wildman–Crippen MR) is 138 cm³/mol. The molecule has 2 rings (SSSR count). The Balaban J connectivity index is 2.26. The van der Waals surface area contributed by atoms with E-state index >= 15 is 0 Å². The van der Waals surface area contributed by atoms with Gasteiger partial charge in [-0.2, -0.15) is 0 Å². The van der Waals surface area contributed by atoms with E-state index in [1.54, 1.807) is 11.8 Å². The van der Waals surface area contributed by atoms with E-state index in [-0.39, 0.29) is 0 Å². The maximum atomic E-state index is 12.1. The first-order valence-corrected chi connectivity index (χ1v) is 13.2. The Morgan fingerprint density at radius 2 is 1.68 bits per heavy atom. The first-order chi connectivity index (χ1) is 15.0. The lowest BCUT2D eigenvalue weighted by atomic mass is 9.82. The molecule has 1 aliphatic carbocycles. The highest BCUT2D eigenvalue weighted by Gasteiger charge is 2.20. The van der Waals surface area contributed by atoms with Crippen molar-refractivity contribution in [2.75, 3.05) is 19.0 Å². The highest BCUT2D eigenvalue weighted by atomic mass is 32.2. The van der Waals surface area contributed by atoms with E-state index in [0.29, 0.717) is 10.8 Å². The van der Waals surface area contributed by atoms with Crippen LogP contribution in [0.15, 0.2) is 22.0 Å². The molecule has 3 nitrogen and oxygen atoms in total. The number of nitrogens with zero attached hydrogens (tertiary/aromatic N) is 2. The van der Waals surface area contributed by atoms with Crippen LogP contribution in [0.3, 0.4) is 0 Å². The number of benzene rings is 1. The third kappa shape index (κ3) is 7.61. The third-order valence-corrected chi connectivity index (χ3v) is 7.52. The molecule has 0 bridgehead atoms. The SMILES string of the molecule is C=N/C(=C(/C=O)SCN(CCCC)CCCC)c1c(C)cc(C2CCCCC2)cc1C. The van der Waals surface area contributed by atoms with Crippen molar-refractivity contribution in [1.82, 2.24) is 4.90 Å². The summed E-state index contributed by atoms with van der Waals surface area (Å²) >= 11 is 1.61. The predicted octanol–water partition coefficient (Wildman–Crippen LogP) is 7.51. The average Bonchev–Trinajstić information content (AvgIpc) is 2.79. The van der Waals surface area contributed by atoms with Gasteiger partial charge in [-0.25, -0.2) is 0 Å². The summed E-state index contributed by atoms with van der Waals surface area (Å²) in [4.78, 5) is 19.6. The lowest BCUT2D eigenvalue weighted by Gasteiger charge is -2.24. The van der Waals surface area contributed by atoms with Gasteiger partial charge in [0.1, 0.15) is 0 Å². The van der Waals surface area contributed by atoms with Crippen molar-refractivity contribution in [2.24, 2.45) is 4.99 Å². The maximum Gasteiger partial charge on any atom is 0.158 e. The van der Waals surface area contributed by atoms with Crippen LogP contribution < -0.4 is 0 Å². The number of carbonyl (C=O) groups is 1. The van der Waals surface area contributed by atoms with E-state index in [0.717, 1.165) is 36.5 Å². The van der Waals surface area contributed by atoms with Crippen LogP contribution in [0.4, 0.5) is 0 Å². The molecule has 0 saturated heterocycles. The average molecular weight is 443 g/mol. The monoisotopic (exact) mass is 442 g/mol. The van der Waals surface area contributed by atoms with Crippen LogP contribution in [-0.2, 0) is 4.79 Å². The Morgan fingerprint density at radius 1 is 1.10 bits per heavy atom. The van der Waals surface area contributed by atoms with Gasteiger partial charge in [0.2, 0.25) is 0 Å². The molecule has 1 aliphatic rings. The summed E-state index contributed by atoms with van der Waals surface area (Å²) in [5, 5.41) is 0. The van der Waals surface area contributed by atoms with Gasteiger partial charge < -0.3 is 0 Å². The van der Waals surface area contributed by atoms with E-state index in [1.807, 2.05) is 0 Å². The van der Waals surface area contributed by atoms with Crippen LogP contribution in [0, 0.1) is 13.8 Å². The third-order valence-electron chi connectivity index (χ3n) is 6.43. The van der Waals surface area contributed by atoms with Gasteiger partial charge >= 0.3 is 0 Å². The number of aldehydes is 1. The minimum atomic E-state index is 0.676. The van der Waals surface area contributed by atoms with Crippen molar-refractivity contribution in [3.8, 4) is 0 Å². The fourth-order valence-electron chi connectivity index (χ4n) is 4.65. The van der Waals surface area contributed by atoms with Gasteiger partial charge in [-0.3, -0.25) is 14.7 Å². The van der Waals surface area contributed by atoms with Gasteiger partial charge in [-0.05, 0) is 81.9 Å². The zero-order valence-electron chi connectivity index (χ0n) is 20.2. The van der Waals surface area contributed by atoms with Crippen LogP contribution in [0.5, 0.6) is 0 Å². The Bertz CT molecular complexity index is 719. The number of allylic oxidation sites excluding steroid dienone is 1. The minimum absolute atomic E-state index is 0.676. The molecule has 4 heteroatoms. The summed E-state index contributed by atoms with van der Waals surface area (Å²) in [6.45, 7) is 14.8. The number of aryl methyl sites for hydroxylation is 2. The zero-order chi connectivity index (χ0) is 22.6. The number of hydrogen-bond acceptors (Lipinski definition) is 4. The number of thioether (sulfide) groups is 1. The molecule has 0 amide bonds. The molecular weight excluding hydrogens is 400 g/mol. The Kier molecular flexibility index (Phi) is 11.6. The Hall–Kier alpha value is -1.39. The van der Waals surface area contributed by atoms with Crippen LogP contribution in [0.25, 0.3) is 5.70 Å². The lowest BCUT2D eigenvalue weighted by molar-refractivity contribution is -0.104. The summed E-state index contributed by atoms with van der Waals surface area (Å²) in [6.07, 6.45) is 12.4. The molecule has 1 aromatic rings. The minimum Gasteiger partial charge on any atom is -0.297 e. The molecule has 1 aromatic carbocycles. The van der Waals surface area contributed by atoms with Gasteiger partial charge in [0.05, 0.1) is 10.6 Å². The summed E-state index contributed by atoms with van der Waals surface area (Å²) in [5.74, 6) is 1.50. The number of hydrogen-bond donors (Lipinski definition) is 0.